The summed E-state index contributed by atoms with van der Waals surface area (Å²) >= 11 is 0. The lowest BCUT2D eigenvalue weighted by Crippen LogP contribution is -2.62. The number of carbonyl (C=O) groups excluding carboxylic acids is 2. The number of likely N-dealkylation sites (tertiary alicyclic amines) is 1. The van der Waals surface area contributed by atoms with Crippen molar-refractivity contribution in [2.24, 2.45) is 28.6 Å². The molecule has 0 aromatic heterocycles. The Morgan fingerprint density at radius 2 is 1.46 bits per heavy atom. The molecule has 26 heavy (non-hydrogen) atoms. The largest absolute Gasteiger partial charge is 0.342 e. The van der Waals surface area contributed by atoms with E-state index < -0.39 is 0 Å². The second-order valence-electron chi connectivity index (χ2n) is 11.8. The van der Waals surface area contributed by atoms with Gasteiger partial charge in [0.1, 0.15) is 0 Å². The van der Waals surface area contributed by atoms with Crippen LogP contribution in [0.1, 0.15) is 78.6 Å². The maximum atomic E-state index is 13.1. The van der Waals surface area contributed by atoms with Crippen molar-refractivity contribution in [2.75, 3.05) is 6.54 Å². The predicted molar refractivity (Wildman–Crippen MR) is 100 cm³/mol. The van der Waals surface area contributed by atoms with Crippen molar-refractivity contribution in [1.82, 2.24) is 10.2 Å². The van der Waals surface area contributed by atoms with Gasteiger partial charge in [0.2, 0.25) is 0 Å². The van der Waals surface area contributed by atoms with Gasteiger partial charge >= 0.3 is 11.8 Å². The molecule has 4 nitrogen and oxygen atoms in total. The van der Waals surface area contributed by atoms with E-state index in [1.165, 1.54) is 19.3 Å². The molecule has 1 heterocycles. The van der Waals surface area contributed by atoms with Crippen molar-refractivity contribution < 1.29 is 9.59 Å². The Balaban J connectivity index is 1.30. The zero-order chi connectivity index (χ0) is 18.3. The van der Waals surface area contributed by atoms with E-state index in [4.69, 9.17) is 0 Å². The van der Waals surface area contributed by atoms with Gasteiger partial charge < -0.3 is 10.2 Å². The summed E-state index contributed by atoms with van der Waals surface area (Å²) in [6, 6.07) is 0.248. The molecular formula is C22H34N2O2. The molecule has 1 aliphatic heterocycles. The van der Waals surface area contributed by atoms with Crippen LogP contribution in [-0.2, 0) is 9.59 Å². The molecule has 1 saturated heterocycles. The van der Waals surface area contributed by atoms with E-state index in [0.29, 0.717) is 0 Å². The van der Waals surface area contributed by atoms with Gasteiger partial charge in [-0.25, -0.2) is 0 Å². The first-order valence-electron chi connectivity index (χ1n) is 10.8. The van der Waals surface area contributed by atoms with E-state index in [1.807, 2.05) is 4.90 Å². The third-order valence-corrected chi connectivity index (χ3v) is 8.29. The highest BCUT2D eigenvalue weighted by molar-refractivity contribution is 6.35. The molecule has 5 saturated carbocycles. The SMILES string of the molecule is CC1(C)CC2CC(C)(CN2C(=O)C(=O)NC23CC4CC(CC(C4)C2)C3)C1. The van der Waals surface area contributed by atoms with Crippen LogP contribution in [0.2, 0.25) is 0 Å². The zero-order valence-electron chi connectivity index (χ0n) is 16.6. The third-order valence-electron chi connectivity index (χ3n) is 8.29. The van der Waals surface area contributed by atoms with Crippen molar-refractivity contribution in [3.63, 3.8) is 0 Å². The van der Waals surface area contributed by atoms with Crippen LogP contribution in [0, 0.1) is 28.6 Å². The lowest BCUT2D eigenvalue weighted by molar-refractivity contribution is -0.149. The highest BCUT2D eigenvalue weighted by Gasteiger charge is 2.54. The standard InChI is InChI=1S/C22H34N2O2/c1-20(2)10-17-11-21(3,12-20)13-24(17)19(26)18(25)23-22-7-14-4-15(8-22)6-16(5-14)9-22/h14-17H,4-13H2,1-3H3,(H,23,25). The van der Waals surface area contributed by atoms with Gasteiger partial charge in [0.25, 0.3) is 0 Å². The molecule has 6 fully saturated rings. The van der Waals surface area contributed by atoms with Gasteiger partial charge in [-0.15, -0.1) is 0 Å². The summed E-state index contributed by atoms with van der Waals surface area (Å²) in [6.07, 6.45) is 10.6. The number of hydrogen-bond acceptors (Lipinski definition) is 2. The summed E-state index contributed by atoms with van der Waals surface area (Å²) in [4.78, 5) is 28.0. The molecule has 6 bridgehead atoms. The maximum absolute atomic E-state index is 13.1. The Kier molecular flexibility index (Phi) is 3.45. The average Bonchev–Trinajstić information content (AvgIpc) is 2.73. The summed E-state index contributed by atoms with van der Waals surface area (Å²) in [7, 11) is 0. The highest BCUT2D eigenvalue weighted by atomic mass is 16.2. The Labute approximate surface area is 157 Å². The molecule has 0 radical (unpaired) electrons. The minimum absolute atomic E-state index is 0.0700. The van der Waals surface area contributed by atoms with E-state index in [2.05, 4.69) is 26.1 Å². The van der Waals surface area contributed by atoms with Crippen molar-refractivity contribution in [2.45, 2.75) is 90.1 Å². The molecule has 5 aliphatic carbocycles. The number of fused-ring (bicyclic) bond motifs is 2. The summed E-state index contributed by atoms with van der Waals surface area (Å²) in [6.45, 7) is 7.67. The average molecular weight is 359 g/mol. The first-order valence-corrected chi connectivity index (χ1v) is 10.8. The molecule has 2 amide bonds. The van der Waals surface area contributed by atoms with E-state index >= 15 is 0 Å². The van der Waals surface area contributed by atoms with Gasteiger partial charge in [-0.2, -0.15) is 0 Å². The topological polar surface area (TPSA) is 49.4 Å². The van der Waals surface area contributed by atoms with E-state index in [9.17, 15) is 9.59 Å². The van der Waals surface area contributed by atoms with Crippen molar-refractivity contribution in [3.8, 4) is 0 Å². The molecule has 2 unspecified atom stereocenters. The van der Waals surface area contributed by atoms with E-state index in [0.717, 1.165) is 62.8 Å². The third kappa shape index (κ3) is 2.70. The molecule has 0 spiro atoms. The second-order valence-corrected chi connectivity index (χ2v) is 11.8. The Bertz CT molecular complexity index is 619. The molecule has 6 rings (SSSR count). The molecule has 1 N–H and O–H groups in total. The molecular weight excluding hydrogens is 324 g/mol. The summed E-state index contributed by atoms with van der Waals surface area (Å²) in [5.41, 5.74) is 0.381. The van der Waals surface area contributed by atoms with Gasteiger partial charge in [0, 0.05) is 18.1 Å². The van der Waals surface area contributed by atoms with Crippen LogP contribution in [0.5, 0.6) is 0 Å². The molecule has 6 aliphatic rings. The Morgan fingerprint density at radius 3 is 2.04 bits per heavy atom. The minimum atomic E-state index is -0.319. The number of carbonyl (C=O) groups is 2. The van der Waals surface area contributed by atoms with Gasteiger partial charge in [0.15, 0.2) is 0 Å². The smallest absolute Gasteiger partial charge is 0.312 e. The van der Waals surface area contributed by atoms with Gasteiger partial charge in [-0.1, -0.05) is 20.8 Å². The maximum Gasteiger partial charge on any atom is 0.312 e. The van der Waals surface area contributed by atoms with E-state index in [1.54, 1.807) is 0 Å². The zero-order valence-corrected chi connectivity index (χ0v) is 16.6. The fraction of sp³-hybridized carbons (Fsp3) is 0.909. The van der Waals surface area contributed by atoms with Crippen LogP contribution >= 0.6 is 0 Å². The molecule has 2 atom stereocenters. The highest BCUT2D eigenvalue weighted by Crippen LogP contribution is 2.56. The molecule has 0 aromatic carbocycles. The molecule has 144 valence electrons. The van der Waals surface area contributed by atoms with Crippen LogP contribution in [0.15, 0.2) is 0 Å². The van der Waals surface area contributed by atoms with Crippen LogP contribution in [0.25, 0.3) is 0 Å². The van der Waals surface area contributed by atoms with Crippen LogP contribution in [-0.4, -0.2) is 34.8 Å². The lowest BCUT2D eigenvalue weighted by Gasteiger charge is -2.56. The van der Waals surface area contributed by atoms with Crippen LogP contribution in [0.4, 0.5) is 0 Å². The van der Waals surface area contributed by atoms with Crippen LogP contribution in [0.3, 0.4) is 0 Å². The number of hydrogen-bond donors (Lipinski definition) is 1. The van der Waals surface area contributed by atoms with Gasteiger partial charge in [-0.3, -0.25) is 9.59 Å². The van der Waals surface area contributed by atoms with Crippen molar-refractivity contribution in [3.05, 3.63) is 0 Å². The Hall–Kier alpha value is -1.06. The number of amides is 2. The van der Waals surface area contributed by atoms with Crippen molar-refractivity contribution >= 4 is 11.8 Å². The Morgan fingerprint density at radius 1 is 0.885 bits per heavy atom. The number of nitrogens with one attached hydrogen (secondary N) is 1. The fourth-order valence-electron chi connectivity index (χ4n) is 8.39. The number of nitrogens with zero attached hydrogens (tertiary/aromatic N) is 1. The lowest BCUT2D eigenvalue weighted by atomic mass is 9.53. The fourth-order valence-corrected chi connectivity index (χ4v) is 8.39. The second kappa shape index (κ2) is 5.26. The summed E-state index contributed by atoms with van der Waals surface area (Å²) in [5.74, 6) is 1.76. The monoisotopic (exact) mass is 358 g/mol. The molecule has 0 aromatic rings. The van der Waals surface area contributed by atoms with Gasteiger partial charge in [0.05, 0.1) is 0 Å². The van der Waals surface area contributed by atoms with Crippen LogP contribution < -0.4 is 5.32 Å². The summed E-state index contributed by atoms with van der Waals surface area (Å²) < 4.78 is 0. The first-order chi connectivity index (χ1) is 12.1. The summed E-state index contributed by atoms with van der Waals surface area (Å²) in [5, 5.41) is 3.28. The normalized spacial score (nSPS) is 47.9. The quantitative estimate of drug-likeness (QED) is 0.730. The van der Waals surface area contributed by atoms with Gasteiger partial charge in [-0.05, 0) is 86.4 Å². The minimum Gasteiger partial charge on any atom is -0.342 e. The van der Waals surface area contributed by atoms with Crippen molar-refractivity contribution in [1.29, 1.82) is 0 Å². The first kappa shape index (κ1) is 17.1. The predicted octanol–water partition coefficient (Wildman–Crippen LogP) is 3.50. The van der Waals surface area contributed by atoms with E-state index in [-0.39, 0.29) is 34.2 Å². The molecule has 4 heteroatoms. The number of rotatable bonds is 1.